The van der Waals surface area contributed by atoms with Gasteiger partial charge in [0.05, 0.1) is 0 Å². The lowest BCUT2D eigenvalue weighted by molar-refractivity contribution is -0.167. The topological polar surface area (TPSA) is 78.9 Å². The zero-order chi connectivity index (χ0) is 52.9. The van der Waals surface area contributed by atoms with E-state index in [9.17, 15) is 14.4 Å². The van der Waals surface area contributed by atoms with Crippen LogP contribution in [0, 0.1) is 0 Å². The fraction of sp³-hybridized carbons (Fsp3) is 0.776. The van der Waals surface area contributed by atoms with Crippen molar-refractivity contribution >= 4 is 17.9 Å². The van der Waals surface area contributed by atoms with Crippen LogP contribution in [-0.4, -0.2) is 37.2 Å². The average Bonchev–Trinajstić information content (AvgIpc) is 3.39. The van der Waals surface area contributed by atoms with Crippen molar-refractivity contribution in [2.24, 2.45) is 0 Å². The van der Waals surface area contributed by atoms with Gasteiger partial charge in [-0.25, -0.2) is 0 Å². The molecule has 0 aromatic carbocycles. The van der Waals surface area contributed by atoms with Gasteiger partial charge in [-0.3, -0.25) is 14.4 Å². The molecule has 6 nitrogen and oxygen atoms in total. The molecular weight excluding hydrogens is 901 g/mol. The van der Waals surface area contributed by atoms with Crippen LogP contribution < -0.4 is 0 Å². The van der Waals surface area contributed by atoms with Crippen molar-refractivity contribution in [3.63, 3.8) is 0 Å². The van der Waals surface area contributed by atoms with Crippen LogP contribution in [0.3, 0.4) is 0 Å². The molecule has 1 unspecified atom stereocenters. The monoisotopic (exact) mass is 1020 g/mol. The molecule has 0 fully saturated rings. The minimum absolute atomic E-state index is 0.0826. The van der Waals surface area contributed by atoms with Gasteiger partial charge < -0.3 is 14.2 Å². The number of unbranched alkanes of at least 4 members (excludes halogenated alkanes) is 34. The molecule has 0 rings (SSSR count). The van der Waals surface area contributed by atoms with Gasteiger partial charge in [-0.15, -0.1) is 0 Å². The van der Waals surface area contributed by atoms with E-state index in [1.54, 1.807) is 0 Å². The van der Waals surface area contributed by atoms with Crippen molar-refractivity contribution in [2.45, 2.75) is 322 Å². The summed E-state index contributed by atoms with van der Waals surface area (Å²) in [6.45, 7) is 6.53. The van der Waals surface area contributed by atoms with Crippen molar-refractivity contribution in [1.29, 1.82) is 0 Å². The summed E-state index contributed by atoms with van der Waals surface area (Å²) < 4.78 is 16.9. The van der Waals surface area contributed by atoms with Crippen molar-refractivity contribution in [3.05, 3.63) is 72.9 Å². The van der Waals surface area contributed by atoms with E-state index in [4.69, 9.17) is 14.2 Å². The third-order valence-electron chi connectivity index (χ3n) is 13.7. The number of carbonyl (C=O) groups excluding carboxylic acids is 3. The first-order valence-corrected chi connectivity index (χ1v) is 31.4. The second kappa shape index (κ2) is 61.4. The van der Waals surface area contributed by atoms with Gasteiger partial charge in [-0.1, -0.05) is 261 Å². The average molecular weight is 1020 g/mol. The summed E-state index contributed by atoms with van der Waals surface area (Å²) in [5, 5.41) is 0. The molecule has 0 aliphatic carbocycles. The molecule has 0 aromatic rings. The van der Waals surface area contributed by atoms with Crippen LogP contribution in [0.1, 0.15) is 316 Å². The summed E-state index contributed by atoms with van der Waals surface area (Å²) >= 11 is 0. The molecule has 0 bridgehead atoms. The Morgan fingerprint density at radius 2 is 0.534 bits per heavy atom. The molecule has 0 aromatic heterocycles. The Labute approximate surface area is 453 Å². The molecule has 0 amide bonds. The van der Waals surface area contributed by atoms with Crippen LogP contribution in [0.4, 0.5) is 0 Å². The van der Waals surface area contributed by atoms with Crippen molar-refractivity contribution < 1.29 is 28.6 Å². The highest BCUT2D eigenvalue weighted by molar-refractivity contribution is 5.71. The molecule has 0 saturated heterocycles. The molecule has 1 atom stereocenters. The van der Waals surface area contributed by atoms with Gasteiger partial charge in [0.2, 0.25) is 0 Å². The summed E-state index contributed by atoms with van der Waals surface area (Å²) in [5.41, 5.74) is 0. The molecule has 73 heavy (non-hydrogen) atoms. The van der Waals surface area contributed by atoms with E-state index in [-0.39, 0.29) is 31.1 Å². The quantitative estimate of drug-likeness (QED) is 0.0261. The minimum atomic E-state index is -0.787. The summed E-state index contributed by atoms with van der Waals surface area (Å²) in [7, 11) is 0. The van der Waals surface area contributed by atoms with Gasteiger partial charge in [-0.2, -0.15) is 0 Å². The second-order valence-corrected chi connectivity index (χ2v) is 20.9. The number of hydrogen-bond acceptors (Lipinski definition) is 6. The maximum absolute atomic E-state index is 12.9. The van der Waals surface area contributed by atoms with Gasteiger partial charge in [0.15, 0.2) is 6.10 Å². The van der Waals surface area contributed by atoms with Crippen LogP contribution in [0.25, 0.3) is 0 Å². The smallest absolute Gasteiger partial charge is 0.306 e. The van der Waals surface area contributed by atoms with Crippen LogP contribution in [-0.2, 0) is 28.6 Å². The molecule has 0 saturated carbocycles. The first kappa shape index (κ1) is 69.8. The summed E-state index contributed by atoms with van der Waals surface area (Å²) in [6.07, 6.45) is 79.0. The number of hydrogen-bond donors (Lipinski definition) is 0. The summed E-state index contributed by atoms with van der Waals surface area (Å²) in [6, 6.07) is 0. The number of carbonyl (C=O) groups is 3. The predicted molar refractivity (Wildman–Crippen MR) is 316 cm³/mol. The summed E-state index contributed by atoms with van der Waals surface area (Å²) in [5.74, 6) is -0.893. The Kier molecular flexibility index (Phi) is 58.7. The van der Waals surface area contributed by atoms with Crippen LogP contribution in [0.15, 0.2) is 72.9 Å². The Balaban J connectivity index is 4.35. The number of ether oxygens (including phenoxy) is 3. The van der Waals surface area contributed by atoms with Crippen LogP contribution in [0.5, 0.6) is 0 Å². The van der Waals surface area contributed by atoms with Crippen molar-refractivity contribution in [1.82, 2.24) is 0 Å². The van der Waals surface area contributed by atoms with E-state index in [0.717, 1.165) is 103 Å². The van der Waals surface area contributed by atoms with Gasteiger partial charge in [0.25, 0.3) is 0 Å². The summed E-state index contributed by atoms with van der Waals surface area (Å²) in [4.78, 5) is 38.3. The van der Waals surface area contributed by atoms with E-state index in [2.05, 4.69) is 93.7 Å². The third kappa shape index (κ3) is 59.6. The number of esters is 3. The predicted octanol–water partition coefficient (Wildman–Crippen LogP) is 21.3. The largest absolute Gasteiger partial charge is 0.462 e. The Hall–Kier alpha value is -3.15. The van der Waals surface area contributed by atoms with Gasteiger partial charge >= 0.3 is 17.9 Å². The molecule has 0 heterocycles. The lowest BCUT2D eigenvalue weighted by Crippen LogP contribution is -2.30. The maximum Gasteiger partial charge on any atom is 0.306 e. The lowest BCUT2D eigenvalue weighted by Gasteiger charge is -2.18. The lowest BCUT2D eigenvalue weighted by atomic mass is 10.0. The molecule has 0 spiro atoms. The van der Waals surface area contributed by atoms with Crippen molar-refractivity contribution in [3.8, 4) is 0 Å². The molecule has 0 aliphatic heterocycles. The number of rotatable bonds is 57. The first-order chi connectivity index (χ1) is 36.0. The highest BCUT2D eigenvalue weighted by Crippen LogP contribution is 2.16. The van der Waals surface area contributed by atoms with E-state index < -0.39 is 6.10 Å². The SMILES string of the molecule is CC/C=C\C/C=C\C/C=C\CCCCCCCC(=O)OCC(COC(=O)CCCCCCCCCCCCC/C=C\C/C=C\CCCCCCC)OC(=O)CCCCCCCCC/C=C\CCCCCCCC. The highest BCUT2D eigenvalue weighted by atomic mass is 16.6. The van der Waals surface area contributed by atoms with Gasteiger partial charge in [-0.05, 0) is 109 Å². The van der Waals surface area contributed by atoms with E-state index in [1.165, 1.54) is 173 Å². The standard InChI is InChI=1S/C67H118O6/c1-4-7-10-13-16-19-22-25-28-30-31-32-33-34-35-37-39-42-45-48-51-54-57-60-66(69)72-63-64(62-71-65(68)59-56-53-50-47-44-41-38-27-24-21-18-15-12-9-6-3)73-67(70)61-58-55-52-49-46-43-40-36-29-26-23-20-17-14-11-8-5-2/h9,12,18,21-22,25-27,29-31,38,64H,4-8,10-11,13-17,19-20,23-24,28,32-37,39-63H2,1-3H3/b12-9-,21-18-,25-22-,29-26-,31-30-,38-27-. The van der Waals surface area contributed by atoms with E-state index in [1.807, 2.05) is 0 Å². The first-order valence-electron chi connectivity index (χ1n) is 31.4. The normalized spacial score (nSPS) is 12.5. The zero-order valence-electron chi connectivity index (χ0n) is 48.4. The third-order valence-corrected chi connectivity index (χ3v) is 13.7. The van der Waals surface area contributed by atoms with Crippen LogP contribution in [0.2, 0.25) is 0 Å². The maximum atomic E-state index is 12.9. The van der Waals surface area contributed by atoms with E-state index >= 15 is 0 Å². The Morgan fingerprint density at radius 3 is 0.849 bits per heavy atom. The fourth-order valence-electron chi connectivity index (χ4n) is 8.95. The highest BCUT2D eigenvalue weighted by Gasteiger charge is 2.19. The molecule has 0 aliphatic rings. The molecule has 0 N–H and O–H groups in total. The fourth-order valence-corrected chi connectivity index (χ4v) is 8.95. The number of allylic oxidation sites excluding steroid dienone is 12. The molecular formula is C67H118O6. The minimum Gasteiger partial charge on any atom is -0.462 e. The molecule has 0 radical (unpaired) electrons. The molecule has 6 heteroatoms. The van der Waals surface area contributed by atoms with Gasteiger partial charge in [0.1, 0.15) is 13.2 Å². The zero-order valence-corrected chi connectivity index (χ0v) is 48.4. The van der Waals surface area contributed by atoms with Crippen molar-refractivity contribution in [2.75, 3.05) is 13.2 Å². The molecule has 422 valence electrons. The van der Waals surface area contributed by atoms with E-state index in [0.29, 0.717) is 19.3 Å². The van der Waals surface area contributed by atoms with Crippen LogP contribution >= 0.6 is 0 Å². The Bertz CT molecular complexity index is 1360. The van der Waals surface area contributed by atoms with Gasteiger partial charge in [0, 0.05) is 19.3 Å². The second-order valence-electron chi connectivity index (χ2n) is 20.9. The Morgan fingerprint density at radius 1 is 0.288 bits per heavy atom.